The third-order valence-electron chi connectivity index (χ3n) is 2.74. The first-order valence-electron chi connectivity index (χ1n) is 5.69. The Kier molecular flexibility index (Phi) is 4.02. The molecule has 100 valence electrons. The topological polar surface area (TPSA) is 61.7 Å². The van der Waals surface area contributed by atoms with Gasteiger partial charge in [0.05, 0.1) is 17.8 Å². The molecule has 0 heterocycles. The molecule has 0 radical (unpaired) electrons. The van der Waals surface area contributed by atoms with Gasteiger partial charge in [0.25, 0.3) is 0 Å². The third kappa shape index (κ3) is 3.03. The molecule has 19 heavy (non-hydrogen) atoms. The highest BCUT2D eigenvalue weighted by molar-refractivity contribution is 6.33. The average Bonchev–Trinajstić information content (AvgIpc) is 2.42. The highest BCUT2D eigenvalue weighted by Crippen LogP contribution is 2.31. The number of nitrogens with one attached hydrogen (secondary N) is 1. The summed E-state index contributed by atoms with van der Waals surface area (Å²) < 4.78 is 5.12. The first-order valence-corrected chi connectivity index (χ1v) is 6.07. The molecule has 0 saturated carbocycles. The SMILES string of the molecule is COc1ccc(Cl)c(NCc2cccc(O)c2O)c1. The van der Waals surface area contributed by atoms with E-state index in [0.717, 1.165) is 0 Å². The molecule has 0 fully saturated rings. The quantitative estimate of drug-likeness (QED) is 0.751. The van der Waals surface area contributed by atoms with Crippen molar-refractivity contribution < 1.29 is 14.9 Å². The average molecular weight is 280 g/mol. The second-order valence-corrected chi connectivity index (χ2v) is 4.39. The Morgan fingerprint density at radius 2 is 2.00 bits per heavy atom. The first-order chi connectivity index (χ1) is 9.11. The third-order valence-corrected chi connectivity index (χ3v) is 3.07. The van der Waals surface area contributed by atoms with Gasteiger partial charge in [-0.05, 0) is 18.2 Å². The van der Waals surface area contributed by atoms with Crippen molar-refractivity contribution in [3.05, 3.63) is 47.0 Å². The summed E-state index contributed by atoms with van der Waals surface area (Å²) in [4.78, 5) is 0. The largest absolute Gasteiger partial charge is 0.504 e. The molecule has 0 amide bonds. The van der Waals surface area contributed by atoms with Crippen LogP contribution >= 0.6 is 11.6 Å². The molecule has 0 bridgehead atoms. The van der Waals surface area contributed by atoms with E-state index in [1.54, 1.807) is 37.4 Å². The van der Waals surface area contributed by atoms with Crippen LogP contribution in [0.5, 0.6) is 17.2 Å². The number of aromatic hydroxyl groups is 2. The number of phenols is 2. The molecule has 2 aromatic carbocycles. The predicted octanol–water partition coefficient (Wildman–Crippen LogP) is 3.37. The summed E-state index contributed by atoms with van der Waals surface area (Å²) >= 11 is 6.06. The molecule has 0 saturated heterocycles. The fraction of sp³-hybridized carbons (Fsp3) is 0.143. The zero-order valence-corrected chi connectivity index (χ0v) is 11.1. The number of para-hydroxylation sites is 1. The minimum absolute atomic E-state index is 0.131. The molecule has 2 aromatic rings. The molecule has 0 aliphatic carbocycles. The highest BCUT2D eigenvalue weighted by Gasteiger charge is 2.07. The van der Waals surface area contributed by atoms with E-state index in [0.29, 0.717) is 28.6 Å². The van der Waals surface area contributed by atoms with Crippen molar-refractivity contribution in [2.24, 2.45) is 0 Å². The van der Waals surface area contributed by atoms with Crippen LogP contribution in [0, 0.1) is 0 Å². The fourth-order valence-corrected chi connectivity index (χ4v) is 1.86. The van der Waals surface area contributed by atoms with Gasteiger partial charge in [0, 0.05) is 18.2 Å². The summed E-state index contributed by atoms with van der Waals surface area (Å²) in [5.74, 6) is 0.414. The molecule has 5 heteroatoms. The van der Waals surface area contributed by atoms with Gasteiger partial charge in [-0.15, -0.1) is 0 Å². The Morgan fingerprint density at radius 1 is 1.21 bits per heavy atom. The lowest BCUT2D eigenvalue weighted by molar-refractivity contribution is 0.400. The molecular weight excluding hydrogens is 266 g/mol. The number of ether oxygens (including phenoxy) is 1. The lowest BCUT2D eigenvalue weighted by Crippen LogP contribution is -2.00. The van der Waals surface area contributed by atoms with Crippen LogP contribution in [0.4, 0.5) is 5.69 Å². The maximum atomic E-state index is 9.70. The van der Waals surface area contributed by atoms with Gasteiger partial charge in [-0.3, -0.25) is 0 Å². The lowest BCUT2D eigenvalue weighted by atomic mass is 10.2. The van der Waals surface area contributed by atoms with Crippen LogP contribution in [0.15, 0.2) is 36.4 Å². The smallest absolute Gasteiger partial charge is 0.162 e. The number of methoxy groups -OCH3 is 1. The van der Waals surface area contributed by atoms with E-state index in [-0.39, 0.29) is 11.5 Å². The zero-order valence-electron chi connectivity index (χ0n) is 10.4. The minimum Gasteiger partial charge on any atom is -0.504 e. The molecule has 0 aliphatic rings. The molecular formula is C14H14ClNO3. The highest BCUT2D eigenvalue weighted by atomic mass is 35.5. The van der Waals surface area contributed by atoms with E-state index >= 15 is 0 Å². The molecule has 0 aromatic heterocycles. The molecule has 0 atom stereocenters. The predicted molar refractivity (Wildman–Crippen MR) is 75.1 cm³/mol. The van der Waals surface area contributed by atoms with E-state index in [1.807, 2.05) is 0 Å². The van der Waals surface area contributed by atoms with Crippen LogP contribution in [0.25, 0.3) is 0 Å². The summed E-state index contributed by atoms with van der Waals surface area (Å²) in [6.07, 6.45) is 0. The number of phenolic OH excluding ortho intramolecular Hbond substituents is 2. The van der Waals surface area contributed by atoms with Crippen molar-refractivity contribution in [2.75, 3.05) is 12.4 Å². The van der Waals surface area contributed by atoms with Crippen LogP contribution in [0.2, 0.25) is 5.02 Å². The first kappa shape index (κ1) is 13.4. The number of rotatable bonds is 4. The molecule has 0 aliphatic heterocycles. The Morgan fingerprint density at radius 3 is 2.74 bits per heavy atom. The standard InChI is InChI=1S/C14H14ClNO3/c1-19-10-5-6-11(15)12(7-10)16-8-9-3-2-4-13(17)14(9)18/h2-7,16-18H,8H2,1H3. The summed E-state index contributed by atoms with van der Waals surface area (Å²) in [7, 11) is 1.58. The summed E-state index contributed by atoms with van der Waals surface area (Å²) in [5, 5.41) is 22.8. The van der Waals surface area contributed by atoms with Crippen molar-refractivity contribution in [1.29, 1.82) is 0 Å². The van der Waals surface area contributed by atoms with Crippen molar-refractivity contribution in [1.82, 2.24) is 0 Å². The second-order valence-electron chi connectivity index (χ2n) is 3.98. The van der Waals surface area contributed by atoms with Gasteiger partial charge in [-0.1, -0.05) is 23.7 Å². The van der Waals surface area contributed by atoms with E-state index in [9.17, 15) is 10.2 Å². The molecule has 0 spiro atoms. The van der Waals surface area contributed by atoms with Gasteiger partial charge in [0.1, 0.15) is 5.75 Å². The number of hydrogen-bond acceptors (Lipinski definition) is 4. The maximum Gasteiger partial charge on any atom is 0.162 e. The van der Waals surface area contributed by atoms with Gasteiger partial charge >= 0.3 is 0 Å². The maximum absolute atomic E-state index is 9.70. The number of benzene rings is 2. The van der Waals surface area contributed by atoms with E-state index in [4.69, 9.17) is 16.3 Å². The van der Waals surface area contributed by atoms with Crippen molar-refractivity contribution in [2.45, 2.75) is 6.54 Å². The van der Waals surface area contributed by atoms with Gasteiger partial charge in [0.15, 0.2) is 11.5 Å². The lowest BCUT2D eigenvalue weighted by Gasteiger charge is -2.11. The number of anilines is 1. The summed E-state index contributed by atoms with van der Waals surface area (Å²) in [6.45, 7) is 0.340. The van der Waals surface area contributed by atoms with Crippen molar-refractivity contribution in [3.8, 4) is 17.2 Å². The Labute approximate surface area is 116 Å². The van der Waals surface area contributed by atoms with E-state index < -0.39 is 0 Å². The summed E-state index contributed by atoms with van der Waals surface area (Å²) in [5.41, 5.74) is 1.28. The Balaban J connectivity index is 2.16. The van der Waals surface area contributed by atoms with Crippen molar-refractivity contribution >= 4 is 17.3 Å². The van der Waals surface area contributed by atoms with Crippen LogP contribution in [0.1, 0.15) is 5.56 Å². The Hall–Kier alpha value is -2.07. The van der Waals surface area contributed by atoms with Gasteiger partial charge in [-0.2, -0.15) is 0 Å². The second kappa shape index (κ2) is 5.71. The van der Waals surface area contributed by atoms with Crippen LogP contribution in [-0.4, -0.2) is 17.3 Å². The van der Waals surface area contributed by atoms with Crippen LogP contribution in [0.3, 0.4) is 0 Å². The minimum atomic E-state index is -0.143. The van der Waals surface area contributed by atoms with Crippen LogP contribution in [-0.2, 0) is 6.54 Å². The normalized spacial score (nSPS) is 10.2. The van der Waals surface area contributed by atoms with Crippen LogP contribution < -0.4 is 10.1 Å². The van der Waals surface area contributed by atoms with Gasteiger partial charge in [-0.25, -0.2) is 0 Å². The van der Waals surface area contributed by atoms with Gasteiger partial charge < -0.3 is 20.3 Å². The molecule has 4 nitrogen and oxygen atoms in total. The molecule has 2 rings (SSSR count). The fourth-order valence-electron chi connectivity index (χ4n) is 1.68. The van der Waals surface area contributed by atoms with E-state index in [2.05, 4.69) is 5.32 Å². The number of hydrogen-bond donors (Lipinski definition) is 3. The van der Waals surface area contributed by atoms with Gasteiger partial charge in [0.2, 0.25) is 0 Å². The van der Waals surface area contributed by atoms with Crippen molar-refractivity contribution in [3.63, 3.8) is 0 Å². The molecule has 3 N–H and O–H groups in total. The monoisotopic (exact) mass is 279 g/mol. The number of halogens is 1. The summed E-state index contributed by atoms with van der Waals surface area (Å²) in [6, 6.07) is 10.1. The molecule has 0 unspecified atom stereocenters. The van der Waals surface area contributed by atoms with E-state index in [1.165, 1.54) is 6.07 Å². The Bertz CT molecular complexity index is 587. The zero-order chi connectivity index (χ0) is 13.8.